The molecule has 4 aromatic rings. The molecule has 0 aliphatic carbocycles. The van der Waals surface area contributed by atoms with Crippen molar-refractivity contribution in [2.45, 2.75) is 13.1 Å². The van der Waals surface area contributed by atoms with Gasteiger partial charge in [0.15, 0.2) is 0 Å². The first-order valence-corrected chi connectivity index (χ1v) is 10.1. The molecule has 10 heteroatoms. The maximum absolute atomic E-state index is 13.0. The molecule has 7 nitrogen and oxygen atoms in total. The average Bonchev–Trinajstić information content (AvgIpc) is 2.81. The van der Waals surface area contributed by atoms with Crippen LogP contribution in [0.5, 0.6) is 0 Å². The number of nitrogens with zero attached hydrogens (tertiary/aromatic N) is 3. The molecule has 0 radical (unpaired) electrons. The van der Waals surface area contributed by atoms with Crippen molar-refractivity contribution >= 4 is 28.9 Å². The number of carbonyl (C=O) groups excluding carboxylic acids is 1. The lowest BCUT2D eigenvalue weighted by Crippen LogP contribution is -2.14. The Bertz CT molecular complexity index is 1360. The van der Waals surface area contributed by atoms with E-state index in [1.807, 2.05) is 13.0 Å². The Morgan fingerprint density at radius 1 is 0.971 bits per heavy atom. The van der Waals surface area contributed by atoms with Gasteiger partial charge in [0, 0.05) is 34.8 Å². The van der Waals surface area contributed by atoms with Gasteiger partial charge in [-0.1, -0.05) is 12.1 Å². The molecule has 0 fully saturated rings. The van der Waals surface area contributed by atoms with Crippen LogP contribution in [-0.4, -0.2) is 20.9 Å². The summed E-state index contributed by atoms with van der Waals surface area (Å²) in [5.41, 5.74) is 7.96. The molecule has 4 rings (SSSR count). The third-order valence-corrected chi connectivity index (χ3v) is 4.97. The van der Waals surface area contributed by atoms with Crippen molar-refractivity contribution in [2.24, 2.45) is 0 Å². The van der Waals surface area contributed by atoms with Crippen molar-refractivity contribution in [2.75, 3.05) is 16.4 Å². The Hall–Kier alpha value is -4.47. The van der Waals surface area contributed by atoms with Crippen LogP contribution in [0.4, 0.5) is 36.2 Å². The summed E-state index contributed by atoms with van der Waals surface area (Å²) in [5.74, 6) is 0.163. The predicted octanol–water partition coefficient (Wildman–Crippen LogP) is 5.44. The van der Waals surface area contributed by atoms with E-state index in [0.29, 0.717) is 34.3 Å². The summed E-state index contributed by atoms with van der Waals surface area (Å²) in [6.07, 6.45) is -1.56. The molecule has 1 amide bonds. The van der Waals surface area contributed by atoms with E-state index in [4.69, 9.17) is 5.73 Å². The first-order chi connectivity index (χ1) is 16.2. The molecule has 2 aromatic heterocycles. The first kappa shape index (κ1) is 22.7. The van der Waals surface area contributed by atoms with Gasteiger partial charge in [0.2, 0.25) is 0 Å². The predicted molar refractivity (Wildman–Crippen MR) is 124 cm³/mol. The fourth-order valence-corrected chi connectivity index (χ4v) is 3.23. The highest BCUT2D eigenvalue weighted by Crippen LogP contribution is 2.31. The normalized spacial score (nSPS) is 11.2. The van der Waals surface area contributed by atoms with E-state index < -0.39 is 17.6 Å². The summed E-state index contributed by atoms with van der Waals surface area (Å²) in [6.45, 7) is 1.87. The van der Waals surface area contributed by atoms with Crippen LogP contribution in [0.2, 0.25) is 0 Å². The largest absolute Gasteiger partial charge is 0.416 e. The van der Waals surface area contributed by atoms with Crippen molar-refractivity contribution in [3.63, 3.8) is 0 Å². The standard InChI is InChI=1S/C24H19F3N6O/c1-14-7-8-17(32-23(34)15-4-2-5-16(10-15)24(25,26)27)11-19(14)33-22-18(6-3-9-29-22)20-12-21(28)31-13-30-20/h2-13H,1H3,(H,29,33)(H,32,34)(H2,28,30,31). The van der Waals surface area contributed by atoms with E-state index in [-0.39, 0.29) is 5.56 Å². The number of hydrogen-bond acceptors (Lipinski definition) is 6. The van der Waals surface area contributed by atoms with Crippen LogP contribution in [-0.2, 0) is 6.18 Å². The van der Waals surface area contributed by atoms with Gasteiger partial charge in [-0.3, -0.25) is 4.79 Å². The number of nitrogens with two attached hydrogens (primary N) is 1. The van der Waals surface area contributed by atoms with E-state index in [1.165, 1.54) is 18.5 Å². The van der Waals surface area contributed by atoms with Gasteiger partial charge in [-0.2, -0.15) is 13.2 Å². The summed E-state index contributed by atoms with van der Waals surface area (Å²) in [5, 5.41) is 5.87. The van der Waals surface area contributed by atoms with Crippen LogP contribution in [0, 0.1) is 6.92 Å². The zero-order valence-corrected chi connectivity index (χ0v) is 17.9. The second kappa shape index (κ2) is 9.18. The molecular weight excluding hydrogens is 445 g/mol. The molecule has 0 unspecified atom stereocenters. The molecule has 172 valence electrons. The second-order valence-corrected chi connectivity index (χ2v) is 7.42. The van der Waals surface area contributed by atoms with E-state index in [2.05, 4.69) is 25.6 Å². The van der Waals surface area contributed by atoms with Gasteiger partial charge < -0.3 is 16.4 Å². The number of aryl methyl sites for hydroxylation is 1. The fraction of sp³-hybridized carbons (Fsp3) is 0.0833. The summed E-state index contributed by atoms with van der Waals surface area (Å²) < 4.78 is 38.9. The number of halogens is 3. The monoisotopic (exact) mass is 464 g/mol. The molecule has 0 aliphatic heterocycles. The third-order valence-electron chi connectivity index (χ3n) is 4.97. The van der Waals surface area contributed by atoms with Crippen molar-refractivity contribution in [1.82, 2.24) is 15.0 Å². The van der Waals surface area contributed by atoms with Crippen LogP contribution < -0.4 is 16.4 Å². The summed E-state index contributed by atoms with van der Waals surface area (Å²) in [4.78, 5) is 25.1. The lowest BCUT2D eigenvalue weighted by Gasteiger charge is -2.15. The minimum atomic E-state index is -4.54. The molecule has 0 spiro atoms. The Kier molecular flexibility index (Phi) is 6.13. The average molecular weight is 464 g/mol. The topological polar surface area (TPSA) is 106 Å². The van der Waals surface area contributed by atoms with Crippen molar-refractivity contribution in [1.29, 1.82) is 0 Å². The molecule has 0 atom stereocenters. The van der Waals surface area contributed by atoms with Crippen molar-refractivity contribution < 1.29 is 18.0 Å². The Morgan fingerprint density at radius 3 is 2.56 bits per heavy atom. The Balaban J connectivity index is 1.59. The number of nitrogens with one attached hydrogen (secondary N) is 2. The number of aromatic nitrogens is 3. The van der Waals surface area contributed by atoms with Gasteiger partial charge >= 0.3 is 6.18 Å². The highest BCUT2D eigenvalue weighted by atomic mass is 19.4. The number of amides is 1. The van der Waals surface area contributed by atoms with E-state index in [1.54, 1.807) is 36.5 Å². The van der Waals surface area contributed by atoms with Crippen LogP contribution in [0.1, 0.15) is 21.5 Å². The molecular formula is C24H19F3N6O. The lowest BCUT2D eigenvalue weighted by molar-refractivity contribution is -0.137. The summed E-state index contributed by atoms with van der Waals surface area (Å²) in [7, 11) is 0. The number of carbonyl (C=O) groups is 1. The van der Waals surface area contributed by atoms with Gasteiger partial charge in [-0.25, -0.2) is 15.0 Å². The number of benzene rings is 2. The fourth-order valence-electron chi connectivity index (χ4n) is 3.23. The van der Waals surface area contributed by atoms with Gasteiger partial charge in [0.05, 0.1) is 11.3 Å². The molecule has 2 heterocycles. The molecule has 4 N–H and O–H groups in total. The van der Waals surface area contributed by atoms with Gasteiger partial charge in [0.1, 0.15) is 18.0 Å². The van der Waals surface area contributed by atoms with Crippen LogP contribution >= 0.6 is 0 Å². The van der Waals surface area contributed by atoms with Crippen LogP contribution in [0.3, 0.4) is 0 Å². The van der Waals surface area contributed by atoms with Crippen LogP contribution in [0.25, 0.3) is 11.3 Å². The molecule has 0 bridgehead atoms. The first-order valence-electron chi connectivity index (χ1n) is 10.1. The Morgan fingerprint density at radius 2 is 1.79 bits per heavy atom. The number of hydrogen-bond donors (Lipinski definition) is 3. The maximum atomic E-state index is 13.0. The van der Waals surface area contributed by atoms with E-state index in [0.717, 1.165) is 17.7 Å². The van der Waals surface area contributed by atoms with Gasteiger partial charge in [0.25, 0.3) is 5.91 Å². The minimum Gasteiger partial charge on any atom is -0.384 e. The van der Waals surface area contributed by atoms with E-state index in [9.17, 15) is 18.0 Å². The van der Waals surface area contributed by atoms with Crippen molar-refractivity contribution in [3.05, 3.63) is 89.9 Å². The molecule has 0 aliphatic rings. The zero-order valence-electron chi connectivity index (χ0n) is 17.9. The number of pyridine rings is 1. The summed E-state index contributed by atoms with van der Waals surface area (Å²) >= 11 is 0. The van der Waals surface area contributed by atoms with Crippen molar-refractivity contribution in [3.8, 4) is 11.3 Å². The summed E-state index contributed by atoms with van der Waals surface area (Å²) in [6, 6.07) is 14.6. The molecule has 0 saturated carbocycles. The molecule has 34 heavy (non-hydrogen) atoms. The third kappa shape index (κ3) is 5.12. The number of anilines is 4. The number of alkyl halides is 3. The highest BCUT2D eigenvalue weighted by molar-refractivity contribution is 6.04. The van der Waals surface area contributed by atoms with Gasteiger partial charge in [-0.05, 0) is 55.0 Å². The van der Waals surface area contributed by atoms with Gasteiger partial charge in [-0.15, -0.1) is 0 Å². The zero-order chi connectivity index (χ0) is 24.3. The quantitative estimate of drug-likeness (QED) is 0.363. The smallest absolute Gasteiger partial charge is 0.384 e. The second-order valence-electron chi connectivity index (χ2n) is 7.42. The SMILES string of the molecule is Cc1ccc(NC(=O)c2cccc(C(F)(F)F)c2)cc1Nc1ncccc1-c1cc(N)ncn1. The Labute approximate surface area is 192 Å². The maximum Gasteiger partial charge on any atom is 0.416 e. The van der Waals surface area contributed by atoms with Crippen LogP contribution in [0.15, 0.2) is 73.2 Å². The molecule has 2 aromatic carbocycles. The lowest BCUT2D eigenvalue weighted by atomic mass is 10.1. The van der Waals surface area contributed by atoms with E-state index >= 15 is 0 Å². The molecule has 0 saturated heterocycles. The highest BCUT2D eigenvalue weighted by Gasteiger charge is 2.30. The number of rotatable bonds is 5. The minimum absolute atomic E-state index is 0.0988. The number of nitrogen functional groups attached to an aromatic ring is 1.